The largest absolute Gasteiger partial charge is 0.475 e. The monoisotopic (exact) mass is 299 g/mol. The van der Waals surface area contributed by atoms with Crippen LogP contribution in [0.1, 0.15) is 11.3 Å². The lowest BCUT2D eigenvalue weighted by Gasteiger charge is -2.12. The second-order valence-corrected chi connectivity index (χ2v) is 4.27. The Labute approximate surface area is 118 Å². The minimum atomic E-state index is -4.53. The smallest absolute Gasteiger partial charge is 0.433 e. The lowest BCUT2D eigenvalue weighted by atomic mass is 10.1. The van der Waals surface area contributed by atoms with Crippen molar-refractivity contribution in [2.24, 2.45) is 0 Å². The average Bonchev–Trinajstić information content (AvgIpc) is 2.46. The van der Waals surface area contributed by atoms with Crippen LogP contribution in [0.25, 0.3) is 0 Å². The first-order valence-corrected chi connectivity index (χ1v) is 6.04. The first kappa shape index (κ1) is 15.2. The molecule has 0 saturated carbocycles. The summed E-state index contributed by atoms with van der Waals surface area (Å²) in [4.78, 5) is 10.9. The number of aromatic nitrogens is 3. The molecule has 0 aromatic carbocycles. The first-order chi connectivity index (χ1) is 9.95. The van der Waals surface area contributed by atoms with Crippen molar-refractivity contribution < 1.29 is 23.0 Å². The number of ether oxygens (including phenoxy) is 1. The predicted molar refractivity (Wildman–Crippen MR) is 66.5 cm³/mol. The van der Waals surface area contributed by atoms with Gasteiger partial charge in [0.25, 0.3) is 0 Å². The van der Waals surface area contributed by atoms with Gasteiger partial charge in [-0.2, -0.15) is 13.2 Å². The number of aliphatic hydroxyl groups excluding tert-OH is 1. The number of alkyl halides is 3. The van der Waals surface area contributed by atoms with Crippen LogP contribution in [-0.2, 0) is 12.6 Å². The summed E-state index contributed by atoms with van der Waals surface area (Å²) < 4.78 is 42.5. The molecule has 0 saturated heterocycles. The second kappa shape index (κ2) is 6.49. The van der Waals surface area contributed by atoms with Gasteiger partial charge in [-0.15, -0.1) is 0 Å². The Bertz CT molecular complexity index is 578. The zero-order valence-electron chi connectivity index (χ0n) is 10.8. The summed E-state index contributed by atoms with van der Waals surface area (Å²) in [6.45, 7) is -0.177. The molecule has 0 aliphatic heterocycles. The van der Waals surface area contributed by atoms with E-state index in [0.29, 0.717) is 5.56 Å². The maximum atomic E-state index is 12.5. The highest BCUT2D eigenvalue weighted by molar-refractivity contribution is 5.17. The van der Waals surface area contributed by atoms with E-state index in [0.717, 1.165) is 6.07 Å². The molecule has 112 valence electrons. The number of pyridine rings is 1. The maximum Gasteiger partial charge on any atom is 0.433 e. The molecule has 1 N–H and O–H groups in total. The van der Waals surface area contributed by atoms with E-state index in [9.17, 15) is 18.3 Å². The first-order valence-electron chi connectivity index (χ1n) is 6.04. The Morgan fingerprint density at radius 1 is 1.19 bits per heavy atom. The van der Waals surface area contributed by atoms with Gasteiger partial charge in [-0.3, -0.25) is 0 Å². The molecule has 0 aliphatic rings. The summed E-state index contributed by atoms with van der Waals surface area (Å²) in [6, 6.07) is 3.35. The standard InChI is InChI=1S/C13H12F3N3O2/c14-13(15,16)11-2-1-3-12(19-11)21-7-10(20)4-9-5-17-8-18-6-9/h1-3,5-6,8,10,20H,4,7H2. The third kappa shape index (κ3) is 4.67. The highest BCUT2D eigenvalue weighted by Gasteiger charge is 2.32. The van der Waals surface area contributed by atoms with Crippen LogP contribution < -0.4 is 4.74 Å². The van der Waals surface area contributed by atoms with Gasteiger partial charge < -0.3 is 9.84 Å². The maximum absolute atomic E-state index is 12.5. The number of rotatable bonds is 5. The minimum Gasteiger partial charge on any atom is -0.475 e. The molecule has 0 fully saturated rings. The van der Waals surface area contributed by atoms with Crippen LogP contribution in [0, 0.1) is 0 Å². The van der Waals surface area contributed by atoms with Crippen molar-refractivity contribution in [3.8, 4) is 5.88 Å². The van der Waals surface area contributed by atoms with Gasteiger partial charge in [-0.1, -0.05) is 6.07 Å². The van der Waals surface area contributed by atoms with Gasteiger partial charge >= 0.3 is 6.18 Å². The van der Waals surface area contributed by atoms with Crippen LogP contribution >= 0.6 is 0 Å². The fourth-order valence-corrected chi connectivity index (χ4v) is 1.60. The molecule has 5 nitrogen and oxygen atoms in total. The van der Waals surface area contributed by atoms with Gasteiger partial charge in [0.05, 0.1) is 6.10 Å². The van der Waals surface area contributed by atoms with Gasteiger partial charge in [0.15, 0.2) is 0 Å². The van der Waals surface area contributed by atoms with E-state index < -0.39 is 18.0 Å². The van der Waals surface area contributed by atoms with Crippen molar-refractivity contribution in [2.75, 3.05) is 6.61 Å². The summed E-state index contributed by atoms with van der Waals surface area (Å²) in [7, 11) is 0. The van der Waals surface area contributed by atoms with Crippen LogP contribution in [0.15, 0.2) is 36.9 Å². The molecule has 2 rings (SSSR count). The van der Waals surface area contributed by atoms with Crippen LogP contribution in [0.4, 0.5) is 13.2 Å². The Hall–Kier alpha value is -2.22. The molecule has 21 heavy (non-hydrogen) atoms. The Balaban J connectivity index is 1.91. The summed E-state index contributed by atoms with van der Waals surface area (Å²) in [5, 5.41) is 9.76. The fourth-order valence-electron chi connectivity index (χ4n) is 1.60. The second-order valence-electron chi connectivity index (χ2n) is 4.27. The molecule has 1 atom stereocenters. The molecule has 0 spiro atoms. The zero-order chi connectivity index (χ0) is 15.3. The van der Waals surface area contributed by atoms with Crippen molar-refractivity contribution >= 4 is 0 Å². The van der Waals surface area contributed by atoms with Crippen molar-refractivity contribution in [3.05, 3.63) is 48.2 Å². The lowest BCUT2D eigenvalue weighted by Crippen LogP contribution is -2.21. The van der Waals surface area contributed by atoms with Gasteiger partial charge in [0, 0.05) is 24.9 Å². The van der Waals surface area contributed by atoms with E-state index in [1.165, 1.54) is 18.5 Å². The van der Waals surface area contributed by atoms with E-state index in [1.807, 2.05) is 0 Å². The van der Waals surface area contributed by atoms with E-state index in [4.69, 9.17) is 4.74 Å². The van der Waals surface area contributed by atoms with Gasteiger partial charge in [0.1, 0.15) is 18.6 Å². The van der Waals surface area contributed by atoms with Gasteiger partial charge in [-0.25, -0.2) is 15.0 Å². The summed E-state index contributed by atoms with van der Waals surface area (Å²) in [5.74, 6) is -0.187. The SMILES string of the molecule is OC(COc1cccc(C(F)(F)F)n1)Cc1cncnc1. The van der Waals surface area contributed by atoms with E-state index >= 15 is 0 Å². The van der Waals surface area contributed by atoms with Crippen molar-refractivity contribution in [3.63, 3.8) is 0 Å². The Kier molecular flexibility index (Phi) is 4.69. The van der Waals surface area contributed by atoms with Crippen molar-refractivity contribution in [1.29, 1.82) is 0 Å². The summed E-state index contributed by atoms with van der Waals surface area (Å²) in [5.41, 5.74) is -0.337. The molecular weight excluding hydrogens is 287 g/mol. The third-order valence-corrected chi connectivity index (χ3v) is 2.52. The number of hydrogen-bond donors (Lipinski definition) is 1. The molecule has 8 heteroatoms. The molecule has 0 radical (unpaired) electrons. The fraction of sp³-hybridized carbons (Fsp3) is 0.308. The summed E-state index contributed by atoms with van der Waals surface area (Å²) in [6.07, 6.45) is -0.748. The Morgan fingerprint density at radius 2 is 1.90 bits per heavy atom. The molecule has 2 aromatic rings. The molecular formula is C13H12F3N3O2. The quantitative estimate of drug-likeness (QED) is 0.913. The van der Waals surface area contributed by atoms with E-state index in [2.05, 4.69) is 15.0 Å². The van der Waals surface area contributed by atoms with Crippen molar-refractivity contribution in [2.45, 2.75) is 18.7 Å². The minimum absolute atomic E-state index is 0.177. The molecule has 0 aliphatic carbocycles. The van der Waals surface area contributed by atoms with Gasteiger partial charge in [0.2, 0.25) is 5.88 Å². The molecule has 2 heterocycles. The normalized spacial score (nSPS) is 13.0. The lowest BCUT2D eigenvalue weighted by molar-refractivity contribution is -0.141. The Morgan fingerprint density at radius 3 is 2.57 bits per heavy atom. The average molecular weight is 299 g/mol. The number of aliphatic hydroxyl groups is 1. The highest BCUT2D eigenvalue weighted by atomic mass is 19.4. The van der Waals surface area contributed by atoms with Crippen LogP contribution in [-0.4, -0.2) is 32.8 Å². The molecule has 0 amide bonds. The van der Waals surface area contributed by atoms with Crippen LogP contribution in [0.5, 0.6) is 5.88 Å². The number of nitrogens with zero attached hydrogens (tertiary/aromatic N) is 3. The predicted octanol–water partition coefficient (Wildman–Crippen LogP) is 1.87. The van der Waals surface area contributed by atoms with E-state index in [1.54, 1.807) is 12.4 Å². The third-order valence-electron chi connectivity index (χ3n) is 2.52. The van der Waals surface area contributed by atoms with Crippen LogP contribution in [0.3, 0.4) is 0 Å². The zero-order valence-corrected chi connectivity index (χ0v) is 10.8. The molecule has 1 unspecified atom stereocenters. The number of halogens is 3. The molecule has 0 bridgehead atoms. The van der Waals surface area contributed by atoms with Crippen molar-refractivity contribution in [1.82, 2.24) is 15.0 Å². The topological polar surface area (TPSA) is 68.1 Å². The van der Waals surface area contributed by atoms with Gasteiger partial charge in [-0.05, 0) is 11.6 Å². The summed E-state index contributed by atoms with van der Waals surface area (Å²) >= 11 is 0. The van der Waals surface area contributed by atoms with Crippen LogP contribution in [0.2, 0.25) is 0 Å². The highest BCUT2D eigenvalue weighted by Crippen LogP contribution is 2.28. The molecule has 2 aromatic heterocycles. The number of hydrogen-bond acceptors (Lipinski definition) is 5. The van der Waals surface area contributed by atoms with E-state index in [-0.39, 0.29) is 18.9 Å².